The normalized spacial score (nSPS) is 10.8. The maximum absolute atomic E-state index is 11.1. The number of nitrogens with zero attached hydrogens (tertiary/aromatic N) is 3. The Morgan fingerprint density at radius 3 is 2.60 bits per heavy atom. The average molecular weight is 207 g/mol. The predicted molar refractivity (Wildman–Crippen MR) is 55.1 cm³/mol. The molecule has 1 heterocycles. The summed E-state index contributed by atoms with van der Waals surface area (Å²) < 4.78 is 1.34. The van der Waals surface area contributed by atoms with Gasteiger partial charge in [-0.15, -0.1) is 0 Å². The monoisotopic (exact) mass is 207 g/mol. The van der Waals surface area contributed by atoms with Gasteiger partial charge in [-0.1, -0.05) is 0 Å². The number of carboxylic acid groups (broad SMARTS) is 1. The Morgan fingerprint density at radius 1 is 1.60 bits per heavy atom. The van der Waals surface area contributed by atoms with Gasteiger partial charge in [-0.2, -0.15) is 5.26 Å². The molecule has 1 aromatic rings. The Hall–Kier alpha value is -1.96. The van der Waals surface area contributed by atoms with E-state index in [1.54, 1.807) is 39.1 Å². The van der Waals surface area contributed by atoms with E-state index in [0.29, 0.717) is 5.69 Å². The van der Waals surface area contributed by atoms with E-state index in [9.17, 15) is 4.79 Å². The predicted octanol–water partition coefficient (Wildman–Crippen LogP) is 1.77. The average Bonchev–Trinajstić information content (AvgIpc) is 2.48. The molecule has 15 heavy (non-hydrogen) atoms. The minimum Gasteiger partial charge on any atom is -0.464 e. The third kappa shape index (κ3) is 2.10. The summed E-state index contributed by atoms with van der Waals surface area (Å²) in [5, 5.41) is 19.0. The van der Waals surface area contributed by atoms with Gasteiger partial charge in [0.25, 0.3) is 0 Å². The van der Waals surface area contributed by atoms with Crippen LogP contribution in [0, 0.1) is 11.3 Å². The van der Waals surface area contributed by atoms with Crippen LogP contribution in [0.15, 0.2) is 18.3 Å². The van der Waals surface area contributed by atoms with Crippen LogP contribution in [0.1, 0.15) is 26.5 Å². The molecule has 0 fully saturated rings. The number of hydrogen-bond acceptors (Lipinski definition) is 2. The van der Waals surface area contributed by atoms with Gasteiger partial charge in [0, 0.05) is 6.20 Å². The van der Waals surface area contributed by atoms with Crippen LogP contribution in [0.5, 0.6) is 0 Å². The van der Waals surface area contributed by atoms with E-state index >= 15 is 0 Å². The van der Waals surface area contributed by atoms with Gasteiger partial charge in [0.05, 0.1) is 5.54 Å². The topological polar surface area (TPSA) is 69.3 Å². The quantitative estimate of drug-likeness (QED) is 0.763. The summed E-state index contributed by atoms with van der Waals surface area (Å²) in [5.74, 6) is 0. The molecule has 0 aliphatic rings. The first-order chi connectivity index (χ1) is 6.88. The molecule has 1 aromatic heterocycles. The van der Waals surface area contributed by atoms with Crippen LogP contribution < -0.4 is 5.01 Å². The fourth-order valence-electron chi connectivity index (χ4n) is 1.34. The Morgan fingerprint density at radius 2 is 2.20 bits per heavy atom. The highest BCUT2D eigenvalue weighted by Gasteiger charge is 2.28. The van der Waals surface area contributed by atoms with Gasteiger partial charge >= 0.3 is 6.09 Å². The van der Waals surface area contributed by atoms with E-state index in [4.69, 9.17) is 10.4 Å². The molecule has 0 unspecified atom stereocenters. The number of rotatable bonds is 1. The molecule has 0 bridgehead atoms. The van der Waals surface area contributed by atoms with Crippen molar-refractivity contribution in [1.29, 1.82) is 5.26 Å². The van der Waals surface area contributed by atoms with Crippen molar-refractivity contribution < 1.29 is 9.90 Å². The second kappa shape index (κ2) is 3.65. The first-order valence-electron chi connectivity index (χ1n) is 4.49. The fourth-order valence-corrected chi connectivity index (χ4v) is 1.34. The van der Waals surface area contributed by atoms with Crippen LogP contribution in [-0.2, 0) is 0 Å². The van der Waals surface area contributed by atoms with Crippen molar-refractivity contribution >= 4 is 6.09 Å². The lowest BCUT2D eigenvalue weighted by molar-refractivity contribution is 0.184. The van der Waals surface area contributed by atoms with Crippen molar-refractivity contribution in [3.05, 3.63) is 24.0 Å². The molecule has 0 aromatic carbocycles. The molecule has 0 aliphatic heterocycles. The summed E-state index contributed by atoms with van der Waals surface area (Å²) in [6.45, 7) is 5.30. The summed E-state index contributed by atoms with van der Waals surface area (Å²) in [6, 6.07) is 5.15. The van der Waals surface area contributed by atoms with Crippen LogP contribution in [0.4, 0.5) is 4.79 Å². The molecule has 5 heteroatoms. The van der Waals surface area contributed by atoms with Gasteiger partial charge in [0.1, 0.15) is 11.8 Å². The third-order valence-electron chi connectivity index (χ3n) is 1.87. The molecular formula is C10H13N3O2. The Balaban J connectivity index is 3.24. The Kier molecular flexibility index (Phi) is 2.71. The maximum Gasteiger partial charge on any atom is 0.427 e. The molecule has 5 nitrogen and oxygen atoms in total. The second-order valence-corrected chi connectivity index (χ2v) is 4.11. The second-order valence-electron chi connectivity index (χ2n) is 4.11. The molecule has 0 spiro atoms. The lowest BCUT2D eigenvalue weighted by atomic mass is 10.1. The minimum absolute atomic E-state index is 0.298. The number of aromatic nitrogens is 1. The highest BCUT2D eigenvalue weighted by Crippen LogP contribution is 2.14. The molecule has 1 amide bonds. The van der Waals surface area contributed by atoms with E-state index in [2.05, 4.69) is 0 Å². The van der Waals surface area contributed by atoms with Crippen molar-refractivity contribution in [3.63, 3.8) is 0 Å². The first kappa shape index (κ1) is 11.1. The molecule has 0 radical (unpaired) electrons. The summed E-state index contributed by atoms with van der Waals surface area (Å²) in [5.41, 5.74) is -0.302. The van der Waals surface area contributed by atoms with Gasteiger partial charge < -0.3 is 5.11 Å². The molecule has 0 atom stereocenters. The van der Waals surface area contributed by atoms with Crippen molar-refractivity contribution in [1.82, 2.24) is 4.68 Å². The van der Waals surface area contributed by atoms with Crippen molar-refractivity contribution in [2.24, 2.45) is 0 Å². The lowest BCUT2D eigenvalue weighted by Crippen LogP contribution is -2.52. The van der Waals surface area contributed by atoms with Crippen molar-refractivity contribution in [3.8, 4) is 6.07 Å². The standard InChI is InChI=1S/C10H13N3O2/c1-10(2,3)13(9(14)15)12-6-4-5-8(12)7-11/h4-6H,1-3H3,(H,14,15). The lowest BCUT2D eigenvalue weighted by Gasteiger charge is -2.33. The molecule has 1 rings (SSSR count). The fraction of sp³-hybridized carbons (Fsp3) is 0.400. The number of amides is 1. The van der Waals surface area contributed by atoms with Gasteiger partial charge in [0.2, 0.25) is 0 Å². The SMILES string of the molecule is CC(C)(C)N(C(=O)O)n1cccc1C#N. The third-order valence-corrected chi connectivity index (χ3v) is 1.87. The number of hydrogen-bond donors (Lipinski definition) is 1. The van der Waals surface area contributed by atoms with E-state index in [1.807, 2.05) is 6.07 Å². The van der Waals surface area contributed by atoms with E-state index < -0.39 is 11.6 Å². The summed E-state index contributed by atoms with van der Waals surface area (Å²) in [7, 11) is 0. The Labute approximate surface area is 88.1 Å². The summed E-state index contributed by atoms with van der Waals surface area (Å²) in [6.07, 6.45) is 0.466. The van der Waals surface area contributed by atoms with E-state index in [-0.39, 0.29) is 0 Å². The van der Waals surface area contributed by atoms with Crippen LogP contribution in [0.3, 0.4) is 0 Å². The number of carbonyl (C=O) groups is 1. The van der Waals surface area contributed by atoms with Crippen molar-refractivity contribution in [2.45, 2.75) is 26.3 Å². The van der Waals surface area contributed by atoms with Gasteiger partial charge in [-0.05, 0) is 32.9 Å². The highest BCUT2D eigenvalue weighted by molar-refractivity contribution is 5.78. The van der Waals surface area contributed by atoms with Gasteiger partial charge in [-0.25, -0.2) is 14.5 Å². The molecular weight excluding hydrogens is 194 g/mol. The zero-order chi connectivity index (χ0) is 11.6. The van der Waals surface area contributed by atoms with Crippen LogP contribution in [0.2, 0.25) is 0 Å². The molecule has 1 N–H and O–H groups in total. The molecule has 80 valence electrons. The summed E-state index contributed by atoms with van der Waals surface area (Å²) >= 11 is 0. The van der Waals surface area contributed by atoms with Gasteiger partial charge in [-0.3, -0.25) is 0 Å². The van der Waals surface area contributed by atoms with Crippen LogP contribution in [0.25, 0.3) is 0 Å². The van der Waals surface area contributed by atoms with E-state index in [0.717, 1.165) is 5.01 Å². The minimum atomic E-state index is -1.09. The molecule has 0 aliphatic carbocycles. The molecule has 0 saturated carbocycles. The Bertz CT molecular complexity index is 409. The smallest absolute Gasteiger partial charge is 0.427 e. The first-order valence-corrected chi connectivity index (χ1v) is 4.49. The van der Waals surface area contributed by atoms with Gasteiger partial charge in [0.15, 0.2) is 0 Å². The maximum atomic E-state index is 11.1. The zero-order valence-electron chi connectivity index (χ0n) is 8.93. The highest BCUT2D eigenvalue weighted by atomic mass is 16.4. The summed E-state index contributed by atoms with van der Waals surface area (Å²) in [4.78, 5) is 11.1. The largest absolute Gasteiger partial charge is 0.464 e. The van der Waals surface area contributed by atoms with Crippen LogP contribution >= 0.6 is 0 Å². The number of nitriles is 1. The van der Waals surface area contributed by atoms with Crippen LogP contribution in [-0.4, -0.2) is 21.4 Å². The molecule has 0 saturated heterocycles. The zero-order valence-corrected chi connectivity index (χ0v) is 8.93. The van der Waals surface area contributed by atoms with Crippen molar-refractivity contribution in [2.75, 3.05) is 5.01 Å². The van der Waals surface area contributed by atoms with E-state index in [1.165, 1.54) is 4.68 Å².